The second-order valence-electron chi connectivity index (χ2n) is 4.17. The average molecular weight is 328 g/mol. The molecule has 20 heavy (non-hydrogen) atoms. The van der Waals surface area contributed by atoms with Crippen molar-refractivity contribution >= 4 is 36.4 Å². The zero-order valence-corrected chi connectivity index (χ0v) is 12.4. The number of carbonyl (C=O) groups excluding carboxylic acids is 1. The highest BCUT2D eigenvalue weighted by Gasteiger charge is 2.22. The molecule has 0 aromatic heterocycles. The number of benzene rings is 1. The van der Waals surface area contributed by atoms with Crippen molar-refractivity contribution in [2.24, 2.45) is 5.73 Å². The number of amides is 1. The Hall–Kier alpha value is -1.11. The smallest absolute Gasteiger partial charge is 0.236 e. The van der Waals surface area contributed by atoms with Crippen LogP contribution in [-0.2, 0) is 4.79 Å². The molecule has 0 bridgehead atoms. The molecule has 0 spiro atoms. The Bertz CT molecular complexity index is 454. The molecule has 0 saturated carbocycles. The average Bonchev–Trinajstić information content (AvgIpc) is 2.41. The number of piperazine rings is 1. The second-order valence-corrected chi connectivity index (χ2v) is 4.17. The van der Waals surface area contributed by atoms with E-state index in [9.17, 15) is 13.6 Å². The number of anilines is 1. The van der Waals surface area contributed by atoms with Crippen molar-refractivity contribution in [1.82, 2.24) is 4.90 Å². The van der Waals surface area contributed by atoms with E-state index in [0.29, 0.717) is 26.2 Å². The predicted octanol–water partition coefficient (Wildman–Crippen LogP) is 1.42. The van der Waals surface area contributed by atoms with Crippen LogP contribution in [0.5, 0.6) is 0 Å². The fourth-order valence-electron chi connectivity index (χ4n) is 2.05. The Labute approximate surface area is 128 Å². The molecule has 0 unspecified atom stereocenters. The molecule has 0 radical (unpaired) electrons. The first-order valence-electron chi connectivity index (χ1n) is 5.79. The highest BCUT2D eigenvalue weighted by molar-refractivity contribution is 5.85. The van der Waals surface area contributed by atoms with Crippen molar-refractivity contribution in [1.29, 1.82) is 0 Å². The Balaban J connectivity index is 0.00000180. The van der Waals surface area contributed by atoms with Crippen LogP contribution in [0.25, 0.3) is 0 Å². The molecule has 1 aliphatic rings. The van der Waals surface area contributed by atoms with Crippen molar-refractivity contribution in [2.45, 2.75) is 0 Å². The maximum absolute atomic E-state index is 13.6. The molecule has 0 atom stereocenters. The Morgan fingerprint density at radius 3 is 2.30 bits per heavy atom. The molecule has 1 amide bonds. The minimum absolute atomic E-state index is 0. The molecule has 2 N–H and O–H groups in total. The topological polar surface area (TPSA) is 49.6 Å². The van der Waals surface area contributed by atoms with Gasteiger partial charge in [-0.1, -0.05) is 0 Å². The van der Waals surface area contributed by atoms with E-state index in [1.54, 1.807) is 9.80 Å². The molecule has 114 valence electrons. The summed E-state index contributed by atoms with van der Waals surface area (Å²) in [4.78, 5) is 14.7. The summed E-state index contributed by atoms with van der Waals surface area (Å²) in [5.41, 5.74) is 5.52. The molecule has 1 aromatic carbocycles. The lowest BCUT2D eigenvalue weighted by atomic mass is 10.2. The third-order valence-corrected chi connectivity index (χ3v) is 3.06. The summed E-state index contributed by atoms with van der Waals surface area (Å²) in [5.74, 6) is -1.03. The maximum Gasteiger partial charge on any atom is 0.236 e. The van der Waals surface area contributed by atoms with Crippen LogP contribution in [-0.4, -0.2) is 43.5 Å². The van der Waals surface area contributed by atoms with Crippen molar-refractivity contribution < 1.29 is 13.6 Å². The SMILES string of the molecule is Cl.Cl.NCC(=O)N1CCN(c2cc(F)ccc2F)CC1. The van der Waals surface area contributed by atoms with Crippen LogP contribution in [0.3, 0.4) is 0 Å². The molecule has 1 aromatic rings. The molecule has 8 heteroatoms. The molecule has 1 heterocycles. The standard InChI is InChI=1S/C12H15F2N3O.2ClH/c13-9-1-2-10(14)11(7-9)16-3-5-17(6-4-16)12(18)8-15;;/h1-2,7H,3-6,8,15H2;2*1H. The molecule has 1 saturated heterocycles. The highest BCUT2D eigenvalue weighted by Crippen LogP contribution is 2.21. The first-order valence-corrected chi connectivity index (χ1v) is 5.79. The van der Waals surface area contributed by atoms with E-state index in [4.69, 9.17) is 5.73 Å². The van der Waals surface area contributed by atoms with E-state index in [1.165, 1.54) is 6.07 Å². The summed E-state index contributed by atoms with van der Waals surface area (Å²) in [7, 11) is 0. The van der Waals surface area contributed by atoms with Gasteiger partial charge in [0, 0.05) is 32.2 Å². The van der Waals surface area contributed by atoms with Gasteiger partial charge in [0.2, 0.25) is 5.91 Å². The summed E-state index contributed by atoms with van der Waals surface area (Å²) < 4.78 is 26.7. The van der Waals surface area contributed by atoms with Crippen molar-refractivity contribution in [2.75, 3.05) is 37.6 Å². The first-order chi connectivity index (χ1) is 8.61. The molecule has 1 aliphatic heterocycles. The van der Waals surface area contributed by atoms with Crippen LogP contribution in [0.2, 0.25) is 0 Å². The van der Waals surface area contributed by atoms with Crippen LogP contribution in [0.1, 0.15) is 0 Å². The monoisotopic (exact) mass is 327 g/mol. The fourth-order valence-corrected chi connectivity index (χ4v) is 2.05. The predicted molar refractivity (Wildman–Crippen MR) is 78.7 cm³/mol. The lowest BCUT2D eigenvalue weighted by Crippen LogP contribution is -2.50. The zero-order chi connectivity index (χ0) is 13.1. The van der Waals surface area contributed by atoms with E-state index < -0.39 is 11.6 Å². The molecular weight excluding hydrogens is 311 g/mol. The van der Waals surface area contributed by atoms with Gasteiger partial charge in [-0.2, -0.15) is 0 Å². The number of nitrogens with two attached hydrogens (primary N) is 1. The number of carbonyl (C=O) groups is 1. The summed E-state index contributed by atoms with van der Waals surface area (Å²) in [6.07, 6.45) is 0. The van der Waals surface area contributed by atoms with Gasteiger partial charge < -0.3 is 15.5 Å². The molecule has 0 aliphatic carbocycles. The van der Waals surface area contributed by atoms with Gasteiger partial charge in [0.05, 0.1) is 12.2 Å². The number of nitrogens with zero attached hydrogens (tertiary/aromatic N) is 2. The van der Waals surface area contributed by atoms with Crippen LogP contribution in [0.4, 0.5) is 14.5 Å². The normalized spacial score (nSPS) is 14.3. The Morgan fingerprint density at radius 1 is 1.15 bits per heavy atom. The fraction of sp³-hybridized carbons (Fsp3) is 0.417. The molecule has 2 rings (SSSR count). The van der Waals surface area contributed by atoms with Crippen LogP contribution >= 0.6 is 24.8 Å². The van der Waals surface area contributed by atoms with Crippen LogP contribution < -0.4 is 10.6 Å². The quantitative estimate of drug-likeness (QED) is 0.893. The third kappa shape index (κ3) is 4.19. The van der Waals surface area contributed by atoms with Gasteiger partial charge in [0.1, 0.15) is 11.6 Å². The van der Waals surface area contributed by atoms with E-state index in [0.717, 1.165) is 12.1 Å². The number of halogens is 4. The second kappa shape index (κ2) is 8.24. The van der Waals surface area contributed by atoms with Crippen molar-refractivity contribution in [3.05, 3.63) is 29.8 Å². The third-order valence-electron chi connectivity index (χ3n) is 3.06. The number of hydrogen-bond donors (Lipinski definition) is 1. The van der Waals surface area contributed by atoms with Gasteiger partial charge in [-0.3, -0.25) is 4.79 Å². The van der Waals surface area contributed by atoms with Crippen LogP contribution in [0.15, 0.2) is 18.2 Å². The van der Waals surface area contributed by atoms with Crippen LogP contribution in [0, 0.1) is 11.6 Å². The van der Waals surface area contributed by atoms with E-state index in [1.807, 2.05) is 0 Å². The van der Waals surface area contributed by atoms with E-state index in [-0.39, 0.29) is 43.0 Å². The minimum atomic E-state index is -0.466. The number of hydrogen-bond acceptors (Lipinski definition) is 3. The van der Waals surface area contributed by atoms with Gasteiger partial charge >= 0.3 is 0 Å². The molecule has 4 nitrogen and oxygen atoms in total. The van der Waals surface area contributed by atoms with Gasteiger partial charge in [-0.25, -0.2) is 8.78 Å². The summed E-state index contributed by atoms with van der Waals surface area (Å²) in [6.45, 7) is 1.89. The summed E-state index contributed by atoms with van der Waals surface area (Å²) in [6, 6.07) is 3.38. The van der Waals surface area contributed by atoms with Gasteiger partial charge in [0.25, 0.3) is 0 Å². The minimum Gasteiger partial charge on any atom is -0.366 e. The van der Waals surface area contributed by atoms with Crippen molar-refractivity contribution in [3.8, 4) is 0 Å². The van der Waals surface area contributed by atoms with Gasteiger partial charge in [-0.15, -0.1) is 24.8 Å². The van der Waals surface area contributed by atoms with Gasteiger partial charge in [0.15, 0.2) is 0 Å². The Morgan fingerprint density at radius 2 is 1.75 bits per heavy atom. The Kier molecular flexibility index (Phi) is 7.78. The summed E-state index contributed by atoms with van der Waals surface area (Å²) in [5, 5.41) is 0. The largest absolute Gasteiger partial charge is 0.366 e. The zero-order valence-electron chi connectivity index (χ0n) is 10.7. The first kappa shape index (κ1) is 18.9. The summed E-state index contributed by atoms with van der Waals surface area (Å²) >= 11 is 0. The maximum atomic E-state index is 13.6. The molecular formula is C12H17Cl2F2N3O. The lowest BCUT2D eigenvalue weighted by molar-refractivity contribution is -0.129. The lowest BCUT2D eigenvalue weighted by Gasteiger charge is -2.36. The molecule has 1 fully saturated rings. The van der Waals surface area contributed by atoms with Gasteiger partial charge in [-0.05, 0) is 12.1 Å². The number of rotatable bonds is 2. The highest BCUT2D eigenvalue weighted by atomic mass is 35.5. The van der Waals surface area contributed by atoms with E-state index in [2.05, 4.69) is 0 Å². The van der Waals surface area contributed by atoms with Crippen molar-refractivity contribution in [3.63, 3.8) is 0 Å². The van der Waals surface area contributed by atoms with E-state index >= 15 is 0 Å².